The van der Waals surface area contributed by atoms with Gasteiger partial charge in [0.2, 0.25) is 5.91 Å². The Morgan fingerprint density at radius 2 is 2.14 bits per heavy atom. The van der Waals surface area contributed by atoms with Gasteiger partial charge in [-0.05, 0) is 32.6 Å². The topological polar surface area (TPSA) is 20.3 Å². The molecule has 14 heavy (non-hydrogen) atoms. The third-order valence-corrected chi connectivity index (χ3v) is 3.18. The Morgan fingerprint density at radius 1 is 1.50 bits per heavy atom. The van der Waals surface area contributed by atoms with Crippen molar-refractivity contribution in [3.63, 3.8) is 0 Å². The van der Waals surface area contributed by atoms with Crippen LogP contribution in [-0.4, -0.2) is 23.4 Å². The lowest BCUT2D eigenvalue weighted by atomic mass is 9.91. The van der Waals surface area contributed by atoms with Crippen molar-refractivity contribution < 1.29 is 4.79 Å². The van der Waals surface area contributed by atoms with Crippen LogP contribution in [-0.2, 0) is 4.79 Å². The summed E-state index contributed by atoms with van der Waals surface area (Å²) in [5, 5.41) is 0. The summed E-state index contributed by atoms with van der Waals surface area (Å²) >= 11 is 0. The molecule has 1 amide bonds. The minimum atomic E-state index is 0.135. The van der Waals surface area contributed by atoms with E-state index in [4.69, 9.17) is 0 Å². The van der Waals surface area contributed by atoms with Gasteiger partial charge in [-0.25, -0.2) is 0 Å². The number of piperidine rings is 1. The van der Waals surface area contributed by atoms with E-state index in [-0.39, 0.29) is 5.91 Å². The normalized spacial score (nSPS) is 27.5. The first-order valence-electron chi connectivity index (χ1n) is 5.52. The first kappa shape index (κ1) is 11.3. The summed E-state index contributed by atoms with van der Waals surface area (Å²) in [6.07, 6.45) is 3.57. The van der Waals surface area contributed by atoms with Gasteiger partial charge in [0.15, 0.2) is 0 Å². The molecule has 0 saturated carbocycles. The Kier molecular flexibility index (Phi) is 3.73. The molecule has 0 spiro atoms. The molecular formula is C12H21NO. The highest BCUT2D eigenvalue weighted by Gasteiger charge is 2.27. The van der Waals surface area contributed by atoms with E-state index in [1.165, 1.54) is 12.8 Å². The van der Waals surface area contributed by atoms with E-state index in [1.807, 2.05) is 4.90 Å². The number of nitrogens with zero attached hydrogens (tertiary/aromatic N) is 1. The van der Waals surface area contributed by atoms with Gasteiger partial charge in [-0.3, -0.25) is 4.79 Å². The Morgan fingerprint density at radius 3 is 2.64 bits per heavy atom. The van der Waals surface area contributed by atoms with E-state index >= 15 is 0 Å². The smallest absolute Gasteiger partial charge is 0.249 e. The molecule has 2 atom stereocenters. The van der Waals surface area contributed by atoms with Gasteiger partial charge in [-0.15, -0.1) is 0 Å². The Balaban J connectivity index is 2.65. The van der Waals surface area contributed by atoms with Gasteiger partial charge in [0.1, 0.15) is 0 Å². The molecule has 1 heterocycles. The molecule has 0 N–H and O–H groups in total. The van der Waals surface area contributed by atoms with Gasteiger partial charge in [0.05, 0.1) is 0 Å². The number of hydrogen-bond donors (Lipinski definition) is 0. The number of carbonyl (C=O) groups is 1. The Hall–Kier alpha value is -0.790. The summed E-state index contributed by atoms with van der Waals surface area (Å²) in [7, 11) is 0. The minimum Gasteiger partial charge on any atom is -0.336 e. The van der Waals surface area contributed by atoms with E-state index in [0.29, 0.717) is 17.5 Å². The maximum atomic E-state index is 11.8. The number of likely N-dealkylation sites (tertiary alicyclic amines) is 1. The van der Waals surface area contributed by atoms with Crippen molar-refractivity contribution in [2.45, 2.75) is 46.1 Å². The summed E-state index contributed by atoms with van der Waals surface area (Å²) in [6, 6.07) is 0.391. The van der Waals surface area contributed by atoms with Crippen LogP contribution >= 0.6 is 0 Å². The maximum Gasteiger partial charge on any atom is 0.249 e. The first-order chi connectivity index (χ1) is 6.56. The van der Waals surface area contributed by atoms with E-state index in [1.54, 1.807) is 6.92 Å². The van der Waals surface area contributed by atoms with E-state index in [0.717, 1.165) is 13.0 Å². The maximum absolute atomic E-state index is 11.8. The fourth-order valence-electron chi connectivity index (χ4n) is 2.04. The van der Waals surface area contributed by atoms with Crippen LogP contribution in [0.3, 0.4) is 0 Å². The Bertz CT molecular complexity index is 234. The van der Waals surface area contributed by atoms with Crippen molar-refractivity contribution in [3.8, 4) is 0 Å². The van der Waals surface area contributed by atoms with Crippen LogP contribution in [0.25, 0.3) is 0 Å². The van der Waals surface area contributed by atoms with Crippen molar-refractivity contribution in [1.82, 2.24) is 4.90 Å². The number of amides is 1. The molecule has 1 fully saturated rings. The van der Waals surface area contributed by atoms with Gasteiger partial charge in [-0.2, -0.15) is 0 Å². The molecule has 1 saturated heterocycles. The molecule has 0 radical (unpaired) electrons. The first-order valence-corrected chi connectivity index (χ1v) is 5.52. The Labute approximate surface area is 87.0 Å². The molecule has 0 aromatic carbocycles. The van der Waals surface area contributed by atoms with Crippen LogP contribution in [0.15, 0.2) is 12.2 Å². The van der Waals surface area contributed by atoms with Crippen LogP contribution in [0.1, 0.15) is 40.0 Å². The molecule has 0 aromatic rings. The lowest BCUT2D eigenvalue weighted by Gasteiger charge is -2.38. The predicted molar refractivity (Wildman–Crippen MR) is 59.0 cm³/mol. The van der Waals surface area contributed by atoms with Crippen LogP contribution in [0.5, 0.6) is 0 Å². The SMILES string of the molecule is C=C(C)C(=O)N1CC(CC)CCC1C. The largest absolute Gasteiger partial charge is 0.336 e. The molecule has 2 nitrogen and oxygen atoms in total. The van der Waals surface area contributed by atoms with Crippen molar-refractivity contribution >= 4 is 5.91 Å². The lowest BCUT2D eigenvalue weighted by molar-refractivity contribution is -0.131. The van der Waals surface area contributed by atoms with Crippen LogP contribution in [0.4, 0.5) is 0 Å². The van der Waals surface area contributed by atoms with Gasteiger partial charge >= 0.3 is 0 Å². The zero-order chi connectivity index (χ0) is 10.7. The van der Waals surface area contributed by atoms with Gasteiger partial charge < -0.3 is 4.90 Å². The quantitative estimate of drug-likeness (QED) is 0.620. The standard InChI is InChI=1S/C12H21NO/c1-5-11-7-6-10(4)13(8-11)12(14)9(2)3/h10-11H,2,5-8H2,1,3-4H3. The molecule has 0 bridgehead atoms. The summed E-state index contributed by atoms with van der Waals surface area (Å²) in [5.41, 5.74) is 0.661. The average Bonchev–Trinajstić information content (AvgIpc) is 2.17. The minimum absolute atomic E-state index is 0.135. The predicted octanol–water partition coefficient (Wildman–Crippen LogP) is 2.60. The fourth-order valence-corrected chi connectivity index (χ4v) is 2.04. The van der Waals surface area contributed by atoms with Gasteiger partial charge in [0.25, 0.3) is 0 Å². The fraction of sp³-hybridized carbons (Fsp3) is 0.750. The highest BCUT2D eigenvalue weighted by molar-refractivity contribution is 5.92. The zero-order valence-corrected chi connectivity index (χ0v) is 9.55. The molecule has 1 aliphatic rings. The lowest BCUT2D eigenvalue weighted by Crippen LogP contribution is -2.45. The molecule has 1 aliphatic heterocycles. The van der Waals surface area contributed by atoms with E-state index in [2.05, 4.69) is 20.4 Å². The molecule has 80 valence electrons. The second-order valence-corrected chi connectivity index (χ2v) is 4.44. The number of hydrogen-bond acceptors (Lipinski definition) is 1. The highest BCUT2D eigenvalue weighted by atomic mass is 16.2. The summed E-state index contributed by atoms with van der Waals surface area (Å²) < 4.78 is 0. The third-order valence-electron chi connectivity index (χ3n) is 3.18. The zero-order valence-electron chi connectivity index (χ0n) is 9.55. The number of rotatable bonds is 2. The summed E-state index contributed by atoms with van der Waals surface area (Å²) in [4.78, 5) is 13.8. The van der Waals surface area contributed by atoms with Crippen molar-refractivity contribution in [3.05, 3.63) is 12.2 Å². The van der Waals surface area contributed by atoms with E-state index in [9.17, 15) is 4.79 Å². The van der Waals surface area contributed by atoms with E-state index < -0.39 is 0 Å². The summed E-state index contributed by atoms with van der Waals surface area (Å²) in [5.74, 6) is 0.824. The number of carbonyl (C=O) groups excluding carboxylic acids is 1. The molecule has 0 aliphatic carbocycles. The highest BCUT2D eigenvalue weighted by Crippen LogP contribution is 2.24. The summed E-state index contributed by atoms with van der Waals surface area (Å²) in [6.45, 7) is 10.8. The van der Waals surface area contributed by atoms with Crippen molar-refractivity contribution in [2.75, 3.05) is 6.54 Å². The van der Waals surface area contributed by atoms with Gasteiger partial charge in [-0.1, -0.05) is 19.9 Å². The third kappa shape index (κ3) is 2.37. The van der Waals surface area contributed by atoms with Crippen molar-refractivity contribution in [1.29, 1.82) is 0 Å². The second-order valence-electron chi connectivity index (χ2n) is 4.44. The average molecular weight is 195 g/mol. The second kappa shape index (κ2) is 4.63. The van der Waals surface area contributed by atoms with Crippen LogP contribution in [0, 0.1) is 5.92 Å². The molecule has 0 aromatic heterocycles. The molecular weight excluding hydrogens is 174 g/mol. The molecule has 2 unspecified atom stereocenters. The van der Waals surface area contributed by atoms with Crippen LogP contribution in [0.2, 0.25) is 0 Å². The monoisotopic (exact) mass is 195 g/mol. The molecule has 1 rings (SSSR count). The van der Waals surface area contributed by atoms with Crippen LogP contribution < -0.4 is 0 Å². The van der Waals surface area contributed by atoms with Crippen molar-refractivity contribution in [2.24, 2.45) is 5.92 Å². The van der Waals surface area contributed by atoms with Gasteiger partial charge in [0, 0.05) is 18.2 Å². The molecule has 2 heteroatoms.